The number of hydrogen-bond donors (Lipinski definition) is 2. The van der Waals surface area contributed by atoms with Crippen LogP contribution in [0.15, 0.2) is 24.3 Å². The van der Waals surface area contributed by atoms with Gasteiger partial charge in [-0.3, -0.25) is 0 Å². The van der Waals surface area contributed by atoms with Crippen molar-refractivity contribution < 1.29 is 4.74 Å². The van der Waals surface area contributed by atoms with Gasteiger partial charge in [-0.25, -0.2) is 4.98 Å². The highest BCUT2D eigenvalue weighted by atomic mass is 32.1. The number of benzene rings is 1. The van der Waals surface area contributed by atoms with Gasteiger partial charge in [0.05, 0.1) is 12.8 Å². The third-order valence-electron chi connectivity index (χ3n) is 4.33. The van der Waals surface area contributed by atoms with Crippen molar-refractivity contribution in [1.82, 2.24) is 10.3 Å². The zero-order chi connectivity index (χ0) is 14.9. The van der Waals surface area contributed by atoms with E-state index in [9.17, 15) is 0 Å². The highest BCUT2D eigenvalue weighted by Gasteiger charge is 2.37. The van der Waals surface area contributed by atoms with Crippen LogP contribution in [0.3, 0.4) is 0 Å². The van der Waals surface area contributed by atoms with Crippen molar-refractivity contribution in [3.8, 4) is 5.75 Å². The predicted octanol–water partition coefficient (Wildman–Crippen LogP) is 2.38. The monoisotopic (exact) mass is 303 g/mol. The topological polar surface area (TPSA) is 60.2 Å². The molecule has 1 heterocycles. The summed E-state index contributed by atoms with van der Waals surface area (Å²) in [6, 6.07) is 8.43. The van der Waals surface area contributed by atoms with Gasteiger partial charge in [0.15, 0.2) is 5.13 Å². The molecule has 3 rings (SSSR count). The number of ether oxygens (including phenoxy) is 1. The number of nitrogens with zero attached hydrogens (tertiary/aromatic N) is 1. The Balaban J connectivity index is 2.00. The van der Waals surface area contributed by atoms with Crippen LogP contribution in [0, 0.1) is 0 Å². The standard InChI is InChI=1S/C16H21N3OS/c1-18-10-16(11-4-3-5-12(8-11)20-2)7-6-13-14(9-16)21-15(17)19-13/h3-5,8,18H,6-7,9-10H2,1-2H3,(H2,17,19). The summed E-state index contributed by atoms with van der Waals surface area (Å²) in [5.74, 6) is 0.914. The van der Waals surface area contributed by atoms with Crippen molar-refractivity contribution >= 4 is 16.5 Å². The van der Waals surface area contributed by atoms with Gasteiger partial charge in [-0.05, 0) is 44.0 Å². The van der Waals surface area contributed by atoms with Gasteiger partial charge in [0.2, 0.25) is 0 Å². The fraction of sp³-hybridized carbons (Fsp3) is 0.438. The molecular weight excluding hydrogens is 282 g/mol. The minimum atomic E-state index is 0.0925. The number of anilines is 1. The Morgan fingerprint density at radius 2 is 2.33 bits per heavy atom. The van der Waals surface area contributed by atoms with Crippen molar-refractivity contribution in [3.05, 3.63) is 40.4 Å². The first-order valence-corrected chi connectivity index (χ1v) is 8.02. The van der Waals surface area contributed by atoms with Gasteiger partial charge in [0.25, 0.3) is 0 Å². The number of methoxy groups -OCH3 is 1. The maximum Gasteiger partial charge on any atom is 0.180 e. The Morgan fingerprint density at radius 3 is 3.10 bits per heavy atom. The molecule has 4 nitrogen and oxygen atoms in total. The summed E-state index contributed by atoms with van der Waals surface area (Å²) in [6.07, 6.45) is 3.06. The lowest BCUT2D eigenvalue weighted by atomic mass is 9.70. The summed E-state index contributed by atoms with van der Waals surface area (Å²) in [6.45, 7) is 0.942. The number of aromatic nitrogens is 1. The quantitative estimate of drug-likeness (QED) is 0.910. The second-order valence-electron chi connectivity index (χ2n) is 5.64. The van der Waals surface area contributed by atoms with Gasteiger partial charge in [-0.15, -0.1) is 11.3 Å². The molecule has 3 N–H and O–H groups in total. The van der Waals surface area contributed by atoms with Gasteiger partial charge in [-0.2, -0.15) is 0 Å². The highest BCUT2D eigenvalue weighted by molar-refractivity contribution is 7.15. The second kappa shape index (κ2) is 5.66. The van der Waals surface area contributed by atoms with E-state index in [1.165, 1.54) is 16.1 Å². The Morgan fingerprint density at radius 1 is 1.48 bits per heavy atom. The summed E-state index contributed by atoms with van der Waals surface area (Å²) in [5, 5.41) is 4.05. The molecule has 1 atom stereocenters. The van der Waals surface area contributed by atoms with E-state index >= 15 is 0 Å². The summed E-state index contributed by atoms with van der Waals surface area (Å²) in [5.41, 5.74) is 8.48. The fourth-order valence-corrected chi connectivity index (χ4v) is 4.30. The largest absolute Gasteiger partial charge is 0.497 e. The van der Waals surface area contributed by atoms with Crippen molar-refractivity contribution in [2.45, 2.75) is 24.7 Å². The van der Waals surface area contributed by atoms with Crippen LogP contribution in [0.4, 0.5) is 5.13 Å². The molecule has 1 unspecified atom stereocenters. The number of nitrogens with two attached hydrogens (primary N) is 1. The molecule has 1 aliphatic carbocycles. The Kier molecular flexibility index (Phi) is 3.87. The molecular formula is C16H21N3OS. The SMILES string of the molecule is CNCC1(c2cccc(OC)c2)CCc2nc(N)sc2C1. The number of fused-ring (bicyclic) bond motifs is 1. The molecule has 21 heavy (non-hydrogen) atoms. The minimum absolute atomic E-state index is 0.0925. The number of nitrogens with one attached hydrogen (secondary N) is 1. The van der Waals surface area contributed by atoms with Crippen LogP contribution in [-0.4, -0.2) is 25.7 Å². The molecule has 1 aromatic carbocycles. The summed E-state index contributed by atoms with van der Waals surface area (Å²) in [4.78, 5) is 5.79. The number of nitrogen functional groups attached to an aromatic ring is 1. The second-order valence-corrected chi connectivity index (χ2v) is 6.76. The number of thiazole rings is 1. The lowest BCUT2D eigenvalue weighted by molar-refractivity contribution is 0.355. The number of rotatable bonds is 4. The predicted molar refractivity (Wildman–Crippen MR) is 87.2 cm³/mol. The Bertz CT molecular complexity index is 640. The first-order chi connectivity index (χ1) is 10.2. The Hall–Kier alpha value is -1.59. The summed E-state index contributed by atoms with van der Waals surface area (Å²) >= 11 is 1.63. The third kappa shape index (κ3) is 2.63. The fourth-order valence-electron chi connectivity index (χ4n) is 3.28. The highest BCUT2D eigenvalue weighted by Crippen LogP contribution is 2.41. The van der Waals surface area contributed by atoms with Gasteiger partial charge in [-0.1, -0.05) is 12.1 Å². The van der Waals surface area contributed by atoms with Crippen LogP contribution >= 0.6 is 11.3 Å². The molecule has 0 saturated carbocycles. The third-order valence-corrected chi connectivity index (χ3v) is 5.26. The average Bonchev–Trinajstić information content (AvgIpc) is 2.86. The molecule has 0 saturated heterocycles. The van der Waals surface area contributed by atoms with Crippen LogP contribution in [-0.2, 0) is 18.3 Å². The molecule has 0 fully saturated rings. The van der Waals surface area contributed by atoms with Crippen LogP contribution in [0.25, 0.3) is 0 Å². The van der Waals surface area contributed by atoms with E-state index in [0.29, 0.717) is 5.13 Å². The number of hydrogen-bond acceptors (Lipinski definition) is 5. The molecule has 2 aromatic rings. The molecule has 112 valence electrons. The zero-order valence-corrected chi connectivity index (χ0v) is 13.3. The van der Waals surface area contributed by atoms with E-state index in [-0.39, 0.29) is 5.41 Å². The van der Waals surface area contributed by atoms with Gasteiger partial charge >= 0.3 is 0 Å². The molecule has 1 aliphatic rings. The molecule has 0 amide bonds. The van der Waals surface area contributed by atoms with E-state index < -0.39 is 0 Å². The van der Waals surface area contributed by atoms with E-state index in [0.717, 1.165) is 31.6 Å². The van der Waals surface area contributed by atoms with E-state index in [1.54, 1.807) is 18.4 Å². The van der Waals surface area contributed by atoms with E-state index in [2.05, 4.69) is 28.5 Å². The lowest BCUT2D eigenvalue weighted by Crippen LogP contribution is -2.41. The molecule has 1 aromatic heterocycles. The smallest absolute Gasteiger partial charge is 0.180 e. The maximum atomic E-state index is 5.88. The van der Waals surface area contributed by atoms with Crippen LogP contribution in [0.5, 0.6) is 5.75 Å². The number of likely N-dealkylation sites (N-methyl/N-ethyl adjacent to an activating group) is 1. The van der Waals surface area contributed by atoms with Crippen molar-refractivity contribution in [1.29, 1.82) is 0 Å². The van der Waals surface area contributed by atoms with Crippen LogP contribution in [0.2, 0.25) is 0 Å². The molecule has 5 heteroatoms. The molecule has 0 spiro atoms. The van der Waals surface area contributed by atoms with Gasteiger partial charge < -0.3 is 15.8 Å². The maximum absolute atomic E-state index is 5.88. The first-order valence-electron chi connectivity index (χ1n) is 7.20. The molecule has 0 radical (unpaired) electrons. The normalized spacial score (nSPS) is 21.0. The lowest BCUT2D eigenvalue weighted by Gasteiger charge is -2.37. The van der Waals surface area contributed by atoms with Gasteiger partial charge in [0.1, 0.15) is 5.75 Å². The van der Waals surface area contributed by atoms with Crippen molar-refractivity contribution in [2.75, 3.05) is 26.4 Å². The van der Waals surface area contributed by atoms with Gasteiger partial charge in [0, 0.05) is 16.8 Å². The Labute approximate surface area is 129 Å². The van der Waals surface area contributed by atoms with Crippen LogP contribution < -0.4 is 15.8 Å². The average molecular weight is 303 g/mol. The van der Waals surface area contributed by atoms with Crippen molar-refractivity contribution in [2.24, 2.45) is 0 Å². The van der Waals surface area contributed by atoms with E-state index in [4.69, 9.17) is 10.5 Å². The summed E-state index contributed by atoms with van der Waals surface area (Å²) < 4.78 is 5.39. The van der Waals surface area contributed by atoms with E-state index in [1.807, 2.05) is 13.1 Å². The zero-order valence-electron chi connectivity index (χ0n) is 12.5. The summed E-state index contributed by atoms with van der Waals surface area (Å²) in [7, 11) is 3.73. The molecule has 0 bridgehead atoms. The number of aryl methyl sites for hydroxylation is 1. The first kappa shape index (κ1) is 14.4. The van der Waals surface area contributed by atoms with Crippen LogP contribution in [0.1, 0.15) is 22.6 Å². The minimum Gasteiger partial charge on any atom is -0.497 e. The van der Waals surface area contributed by atoms with Crippen molar-refractivity contribution in [3.63, 3.8) is 0 Å². The molecule has 0 aliphatic heterocycles.